The van der Waals surface area contributed by atoms with Gasteiger partial charge in [0, 0.05) is 31.2 Å². The van der Waals surface area contributed by atoms with E-state index < -0.39 is 16.6 Å². The number of ether oxygens (including phenoxy) is 3. The quantitative estimate of drug-likeness (QED) is 0.521. The number of nitrogens with zero attached hydrogens (tertiary/aromatic N) is 5. The molecule has 1 atom stereocenters. The number of hydrogen-bond donors (Lipinski definition) is 0. The summed E-state index contributed by atoms with van der Waals surface area (Å²) in [5.41, 5.74) is -0.560. The highest BCUT2D eigenvalue weighted by molar-refractivity contribution is 5.78. The van der Waals surface area contributed by atoms with Crippen LogP contribution in [-0.2, 0) is 20.8 Å². The van der Waals surface area contributed by atoms with E-state index in [9.17, 15) is 19.7 Å². The molecule has 3 heterocycles. The van der Waals surface area contributed by atoms with E-state index >= 15 is 0 Å². The number of carbonyl (C=O) groups is 2. The van der Waals surface area contributed by atoms with Gasteiger partial charge in [-0.3, -0.25) is 9.36 Å². The molecule has 0 spiro atoms. The second-order valence-electron chi connectivity index (χ2n) is 7.88. The molecule has 3 rings (SSSR count). The molecule has 12 heteroatoms. The van der Waals surface area contributed by atoms with E-state index in [-0.39, 0.29) is 37.0 Å². The van der Waals surface area contributed by atoms with Gasteiger partial charge < -0.3 is 34.1 Å². The van der Waals surface area contributed by atoms with Crippen LogP contribution < -0.4 is 4.74 Å². The van der Waals surface area contributed by atoms with Gasteiger partial charge >= 0.3 is 17.9 Å². The van der Waals surface area contributed by atoms with Crippen molar-refractivity contribution in [1.29, 1.82) is 0 Å². The molecular weight excluding hydrogens is 386 g/mol. The summed E-state index contributed by atoms with van der Waals surface area (Å²) >= 11 is 0. The fraction of sp³-hybridized carbons (Fsp3) is 0.706. The molecule has 0 saturated carbocycles. The van der Waals surface area contributed by atoms with Crippen molar-refractivity contribution < 1.29 is 28.7 Å². The fourth-order valence-electron chi connectivity index (χ4n) is 3.01. The predicted molar refractivity (Wildman–Crippen MR) is 98.5 cm³/mol. The van der Waals surface area contributed by atoms with Crippen molar-refractivity contribution in [2.75, 3.05) is 39.4 Å². The average molecular weight is 411 g/mol. The summed E-state index contributed by atoms with van der Waals surface area (Å²) < 4.78 is 17.8. The first kappa shape index (κ1) is 20.8. The van der Waals surface area contributed by atoms with Gasteiger partial charge in [-0.2, -0.15) is 0 Å². The molecule has 1 aromatic heterocycles. The maximum Gasteiger partial charge on any atom is 0.414 e. The molecule has 29 heavy (non-hydrogen) atoms. The highest BCUT2D eigenvalue weighted by Gasteiger charge is 2.30. The van der Waals surface area contributed by atoms with Crippen LogP contribution in [0.5, 0.6) is 6.01 Å². The summed E-state index contributed by atoms with van der Waals surface area (Å²) in [6, 6.07) is 0.168. The topological polar surface area (TPSA) is 129 Å². The first-order chi connectivity index (χ1) is 13.6. The molecule has 2 aliphatic heterocycles. The molecule has 2 amide bonds. The Bertz CT molecular complexity index is 780. The van der Waals surface area contributed by atoms with Gasteiger partial charge in [0.15, 0.2) is 0 Å². The Labute approximate surface area is 167 Å². The highest BCUT2D eigenvalue weighted by Crippen LogP contribution is 2.22. The Morgan fingerprint density at radius 2 is 1.93 bits per heavy atom. The molecular formula is C17H25N5O7. The first-order valence-corrected chi connectivity index (χ1v) is 9.34. The normalized spacial score (nSPS) is 19.3. The average Bonchev–Trinajstić information content (AvgIpc) is 3.08. The van der Waals surface area contributed by atoms with Crippen molar-refractivity contribution in [3.8, 4) is 6.01 Å². The highest BCUT2D eigenvalue weighted by atomic mass is 16.6. The molecule has 12 nitrogen and oxygen atoms in total. The molecule has 2 aliphatic rings. The Kier molecular flexibility index (Phi) is 5.91. The van der Waals surface area contributed by atoms with Gasteiger partial charge in [-0.25, -0.2) is 4.79 Å². The van der Waals surface area contributed by atoms with E-state index in [0.29, 0.717) is 32.7 Å². The smallest absolute Gasteiger partial charge is 0.414 e. The van der Waals surface area contributed by atoms with Crippen LogP contribution in [0.3, 0.4) is 0 Å². The fourth-order valence-corrected chi connectivity index (χ4v) is 3.01. The SMILES string of the molecule is CC(C)(C)OC(=O)N1CCN(C(=O)COC2COc3nc([N+](=O)[O-])cn3C2)CC1. The lowest BCUT2D eigenvalue weighted by atomic mass is 10.2. The van der Waals surface area contributed by atoms with Gasteiger partial charge in [0.2, 0.25) is 5.91 Å². The predicted octanol–water partition coefficient (Wildman–Crippen LogP) is 0.648. The molecule has 160 valence electrons. The Morgan fingerprint density at radius 1 is 1.28 bits per heavy atom. The summed E-state index contributed by atoms with van der Waals surface area (Å²) in [5, 5.41) is 10.8. The number of hydrogen-bond acceptors (Lipinski definition) is 8. The zero-order valence-electron chi connectivity index (χ0n) is 16.7. The Balaban J connectivity index is 1.42. The van der Waals surface area contributed by atoms with E-state index in [1.165, 1.54) is 10.8 Å². The lowest BCUT2D eigenvalue weighted by Gasteiger charge is -2.35. The molecule has 0 bridgehead atoms. The van der Waals surface area contributed by atoms with E-state index in [4.69, 9.17) is 14.2 Å². The van der Waals surface area contributed by atoms with Crippen LogP contribution in [0, 0.1) is 10.1 Å². The largest absolute Gasteiger partial charge is 0.444 e. The van der Waals surface area contributed by atoms with Gasteiger partial charge in [0.1, 0.15) is 31.1 Å². The zero-order chi connectivity index (χ0) is 21.2. The summed E-state index contributed by atoms with van der Waals surface area (Å²) in [6.45, 7) is 7.37. The van der Waals surface area contributed by atoms with Gasteiger partial charge in [0.05, 0.1) is 6.54 Å². The van der Waals surface area contributed by atoms with Crippen LogP contribution in [0.2, 0.25) is 0 Å². The minimum atomic E-state index is -0.592. The molecule has 1 unspecified atom stereocenters. The van der Waals surface area contributed by atoms with Crippen molar-refractivity contribution in [2.45, 2.75) is 39.0 Å². The molecule has 1 fully saturated rings. The second kappa shape index (κ2) is 8.23. The van der Waals surface area contributed by atoms with Crippen molar-refractivity contribution in [3.05, 3.63) is 16.3 Å². The lowest BCUT2D eigenvalue weighted by Crippen LogP contribution is -2.52. The summed E-state index contributed by atoms with van der Waals surface area (Å²) in [5.74, 6) is -0.476. The monoisotopic (exact) mass is 411 g/mol. The lowest BCUT2D eigenvalue weighted by molar-refractivity contribution is -0.389. The molecule has 0 radical (unpaired) electrons. The molecule has 0 aromatic carbocycles. The van der Waals surface area contributed by atoms with Crippen LogP contribution in [-0.4, -0.2) is 87.4 Å². The third-order valence-electron chi connectivity index (χ3n) is 4.44. The van der Waals surface area contributed by atoms with Gasteiger partial charge in [-0.15, -0.1) is 0 Å². The Morgan fingerprint density at radius 3 is 2.55 bits per heavy atom. The van der Waals surface area contributed by atoms with Crippen LogP contribution in [0.15, 0.2) is 6.20 Å². The third-order valence-corrected chi connectivity index (χ3v) is 4.44. The van der Waals surface area contributed by atoms with Crippen molar-refractivity contribution >= 4 is 17.8 Å². The summed E-state index contributed by atoms with van der Waals surface area (Å²) in [4.78, 5) is 41.7. The van der Waals surface area contributed by atoms with E-state index in [0.717, 1.165) is 0 Å². The molecule has 1 saturated heterocycles. The van der Waals surface area contributed by atoms with Crippen molar-refractivity contribution in [2.24, 2.45) is 0 Å². The number of rotatable bonds is 4. The van der Waals surface area contributed by atoms with Gasteiger partial charge in [-0.05, 0) is 25.7 Å². The number of piperazine rings is 1. The van der Waals surface area contributed by atoms with E-state index in [2.05, 4.69) is 4.98 Å². The zero-order valence-corrected chi connectivity index (χ0v) is 16.7. The summed E-state index contributed by atoms with van der Waals surface area (Å²) in [7, 11) is 0. The number of aromatic nitrogens is 2. The maximum atomic E-state index is 12.4. The standard InChI is InChI=1S/C17H25N5O7/c1-17(2,3)29-16(24)20-6-4-19(5-7-20)14(23)11-27-12-8-21-9-13(22(25)26)18-15(21)28-10-12/h9,12H,4-8,10-11H2,1-3H3. The van der Waals surface area contributed by atoms with E-state index in [1.54, 1.807) is 9.80 Å². The molecule has 0 N–H and O–H groups in total. The molecule has 1 aromatic rings. The van der Waals surface area contributed by atoms with Crippen molar-refractivity contribution in [1.82, 2.24) is 19.4 Å². The van der Waals surface area contributed by atoms with Crippen LogP contribution in [0.1, 0.15) is 20.8 Å². The van der Waals surface area contributed by atoms with Crippen LogP contribution in [0.25, 0.3) is 0 Å². The third kappa shape index (κ3) is 5.34. The Hall–Kier alpha value is -2.89. The number of imidazole rings is 1. The second-order valence-corrected chi connectivity index (χ2v) is 7.88. The maximum absolute atomic E-state index is 12.4. The van der Waals surface area contributed by atoms with Crippen molar-refractivity contribution in [3.63, 3.8) is 0 Å². The number of carbonyl (C=O) groups excluding carboxylic acids is 2. The number of amides is 2. The van der Waals surface area contributed by atoms with Gasteiger partial charge in [-0.1, -0.05) is 0 Å². The van der Waals surface area contributed by atoms with Crippen LogP contribution >= 0.6 is 0 Å². The minimum absolute atomic E-state index is 0.132. The van der Waals surface area contributed by atoms with Gasteiger partial charge in [0.25, 0.3) is 0 Å². The number of fused-ring (bicyclic) bond motifs is 1. The molecule has 0 aliphatic carbocycles. The first-order valence-electron chi connectivity index (χ1n) is 9.34. The summed E-state index contributed by atoms with van der Waals surface area (Å²) in [6.07, 6.45) is 0.483. The van der Waals surface area contributed by atoms with Crippen LogP contribution in [0.4, 0.5) is 10.6 Å². The minimum Gasteiger partial charge on any atom is -0.444 e. The number of nitro groups is 1. The van der Waals surface area contributed by atoms with E-state index in [1.807, 2.05) is 20.8 Å².